The zero-order chi connectivity index (χ0) is 24.8. The summed E-state index contributed by atoms with van der Waals surface area (Å²) in [6.45, 7) is 4.73. The maximum Gasteiger partial charge on any atom is 0.0633 e. The first kappa shape index (κ1) is 24.3. The summed E-state index contributed by atoms with van der Waals surface area (Å²) in [5, 5.41) is 0. The van der Waals surface area contributed by atoms with Gasteiger partial charge in [0.25, 0.3) is 0 Å². The predicted molar refractivity (Wildman–Crippen MR) is 155 cm³/mol. The lowest BCUT2D eigenvalue weighted by Crippen LogP contribution is -2.20. The second-order valence-corrected chi connectivity index (χ2v) is 10.4. The highest BCUT2D eigenvalue weighted by molar-refractivity contribution is 5.85. The van der Waals surface area contributed by atoms with E-state index in [-0.39, 0.29) is 5.41 Å². The van der Waals surface area contributed by atoms with Crippen molar-refractivity contribution in [2.45, 2.75) is 64.2 Å². The fourth-order valence-electron chi connectivity index (χ4n) is 5.72. The maximum absolute atomic E-state index is 4.89. The standard InChI is InChI=1S/C35H37N/c1-3-4-5-6-7-13-24-35(2)33-17-12-11-16-31(33)32-23-22-30(25-34(32)35)36-26-27-18-20-29(21-19-27)28-14-9-8-10-15-28/h8-12,14-23,25-26H,3-7,13,24H2,1-2H3. The first-order valence-electron chi connectivity index (χ1n) is 13.6. The third-order valence-corrected chi connectivity index (χ3v) is 7.82. The Morgan fingerprint density at radius 2 is 1.31 bits per heavy atom. The first-order valence-corrected chi connectivity index (χ1v) is 13.6. The maximum atomic E-state index is 4.89. The van der Waals surface area contributed by atoms with Crippen LogP contribution in [0.2, 0.25) is 0 Å². The van der Waals surface area contributed by atoms with Crippen molar-refractivity contribution in [1.82, 2.24) is 0 Å². The van der Waals surface area contributed by atoms with E-state index in [1.807, 2.05) is 6.21 Å². The van der Waals surface area contributed by atoms with Crippen molar-refractivity contribution in [2.75, 3.05) is 0 Å². The van der Waals surface area contributed by atoms with Gasteiger partial charge in [-0.1, -0.05) is 137 Å². The highest BCUT2D eigenvalue weighted by atomic mass is 14.7. The minimum Gasteiger partial charge on any atom is -0.256 e. The average molecular weight is 472 g/mol. The Morgan fingerprint density at radius 3 is 2.11 bits per heavy atom. The van der Waals surface area contributed by atoms with E-state index < -0.39 is 0 Å². The summed E-state index contributed by atoms with van der Waals surface area (Å²) in [6, 6.07) is 34.9. The van der Waals surface area contributed by atoms with Crippen LogP contribution in [-0.4, -0.2) is 6.21 Å². The number of nitrogens with zero attached hydrogens (tertiary/aromatic N) is 1. The normalized spacial score (nSPS) is 16.3. The molecule has 0 saturated heterocycles. The summed E-state index contributed by atoms with van der Waals surface area (Å²) in [6.07, 6.45) is 11.2. The Morgan fingerprint density at radius 1 is 0.639 bits per heavy atom. The first-order chi connectivity index (χ1) is 17.7. The van der Waals surface area contributed by atoms with Crippen molar-refractivity contribution in [3.05, 3.63) is 114 Å². The summed E-state index contributed by atoms with van der Waals surface area (Å²) >= 11 is 0. The van der Waals surface area contributed by atoms with Crippen LogP contribution in [0.3, 0.4) is 0 Å². The van der Waals surface area contributed by atoms with Crippen LogP contribution in [0.1, 0.15) is 75.5 Å². The molecule has 1 atom stereocenters. The van der Waals surface area contributed by atoms with Crippen molar-refractivity contribution in [3.8, 4) is 22.3 Å². The molecule has 0 radical (unpaired) electrons. The molecule has 36 heavy (non-hydrogen) atoms. The fraction of sp³-hybridized carbons (Fsp3) is 0.286. The molecule has 0 fully saturated rings. The quantitative estimate of drug-likeness (QED) is 0.161. The molecule has 4 aromatic rings. The van der Waals surface area contributed by atoms with Crippen LogP contribution in [0.15, 0.2) is 102 Å². The lowest BCUT2D eigenvalue weighted by Gasteiger charge is -2.27. The number of hydrogen-bond donors (Lipinski definition) is 0. The van der Waals surface area contributed by atoms with Crippen molar-refractivity contribution in [1.29, 1.82) is 0 Å². The molecule has 0 saturated carbocycles. The third kappa shape index (κ3) is 5.07. The topological polar surface area (TPSA) is 12.4 Å². The molecule has 182 valence electrons. The number of rotatable bonds is 10. The highest BCUT2D eigenvalue weighted by Crippen LogP contribution is 2.52. The predicted octanol–water partition coefficient (Wildman–Crippen LogP) is 10.1. The minimum atomic E-state index is 0.0551. The largest absolute Gasteiger partial charge is 0.256 e. The minimum absolute atomic E-state index is 0.0551. The van der Waals surface area contributed by atoms with Gasteiger partial charge < -0.3 is 0 Å². The Kier molecular flexibility index (Phi) is 7.47. The Hall–Kier alpha value is -3.45. The average Bonchev–Trinajstić information content (AvgIpc) is 3.18. The summed E-state index contributed by atoms with van der Waals surface area (Å²) in [4.78, 5) is 4.89. The van der Waals surface area contributed by atoms with Gasteiger partial charge in [0.2, 0.25) is 0 Å². The van der Waals surface area contributed by atoms with Gasteiger partial charge >= 0.3 is 0 Å². The molecular formula is C35H37N. The SMILES string of the molecule is CCCCCCCCC1(C)c2ccccc2-c2ccc(N=Cc3ccc(-c4ccccc4)cc3)cc21. The molecule has 0 N–H and O–H groups in total. The van der Waals surface area contributed by atoms with Crippen LogP contribution in [0.4, 0.5) is 5.69 Å². The molecule has 1 nitrogen and oxygen atoms in total. The molecule has 1 aliphatic carbocycles. The van der Waals surface area contributed by atoms with E-state index in [2.05, 4.69) is 111 Å². The van der Waals surface area contributed by atoms with Gasteiger partial charge in [0.15, 0.2) is 0 Å². The van der Waals surface area contributed by atoms with Crippen molar-refractivity contribution in [3.63, 3.8) is 0 Å². The van der Waals surface area contributed by atoms with E-state index in [0.717, 1.165) is 11.3 Å². The Bertz CT molecular complexity index is 1320. The van der Waals surface area contributed by atoms with Gasteiger partial charge in [0, 0.05) is 11.6 Å². The monoisotopic (exact) mass is 471 g/mol. The molecule has 0 spiro atoms. The molecule has 1 unspecified atom stereocenters. The van der Waals surface area contributed by atoms with Crippen molar-refractivity contribution in [2.24, 2.45) is 4.99 Å². The molecule has 0 amide bonds. The number of benzene rings is 4. The van der Waals surface area contributed by atoms with E-state index in [1.165, 1.54) is 78.3 Å². The number of fused-ring (bicyclic) bond motifs is 3. The fourth-order valence-corrected chi connectivity index (χ4v) is 5.72. The van der Waals surface area contributed by atoms with E-state index in [0.29, 0.717) is 0 Å². The van der Waals surface area contributed by atoms with E-state index >= 15 is 0 Å². The second kappa shape index (κ2) is 11.1. The van der Waals surface area contributed by atoms with Gasteiger partial charge in [-0.15, -0.1) is 0 Å². The van der Waals surface area contributed by atoms with Crippen LogP contribution in [-0.2, 0) is 5.41 Å². The zero-order valence-electron chi connectivity index (χ0n) is 21.7. The van der Waals surface area contributed by atoms with E-state index in [9.17, 15) is 0 Å². The smallest absolute Gasteiger partial charge is 0.0633 e. The molecule has 1 aliphatic rings. The Labute approximate surface area is 217 Å². The number of hydrogen-bond acceptors (Lipinski definition) is 1. The van der Waals surface area contributed by atoms with E-state index in [4.69, 9.17) is 4.99 Å². The van der Waals surface area contributed by atoms with Crippen LogP contribution in [0.5, 0.6) is 0 Å². The van der Waals surface area contributed by atoms with Crippen LogP contribution in [0.25, 0.3) is 22.3 Å². The van der Waals surface area contributed by atoms with Crippen LogP contribution in [0, 0.1) is 0 Å². The summed E-state index contributed by atoms with van der Waals surface area (Å²) in [5.41, 5.74) is 10.4. The summed E-state index contributed by atoms with van der Waals surface area (Å²) in [5.74, 6) is 0. The van der Waals surface area contributed by atoms with Gasteiger partial charge in [0.1, 0.15) is 0 Å². The van der Waals surface area contributed by atoms with Gasteiger partial charge in [-0.05, 0) is 57.5 Å². The van der Waals surface area contributed by atoms with Gasteiger partial charge in [-0.25, -0.2) is 0 Å². The van der Waals surface area contributed by atoms with Gasteiger partial charge in [-0.3, -0.25) is 4.99 Å². The van der Waals surface area contributed by atoms with Gasteiger partial charge in [0.05, 0.1) is 5.69 Å². The van der Waals surface area contributed by atoms with Gasteiger partial charge in [-0.2, -0.15) is 0 Å². The zero-order valence-corrected chi connectivity index (χ0v) is 21.7. The molecule has 4 aromatic carbocycles. The molecule has 1 heteroatoms. The van der Waals surface area contributed by atoms with E-state index in [1.54, 1.807) is 0 Å². The Balaban J connectivity index is 1.35. The summed E-state index contributed by atoms with van der Waals surface area (Å²) in [7, 11) is 0. The molecule has 5 rings (SSSR count). The van der Waals surface area contributed by atoms with Crippen molar-refractivity contribution < 1.29 is 0 Å². The van der Waals surface area contributed by atoms with Crippen molar-refractivity contribution >= 4 is 11.9 Å². The molecule has 0 aliphatic heterocycles. The van der Waals surface area contributed by atoms with Crippen LogP contribution < -0.4 is 0 Å². The molecule has 0 heterocycles. The number of unbranched alkanes of at least 4 members (excludes halogenated alkanes) is 5. The lowest BCUT2D eigenvalue weighted by atomic mass is 9.76. The molecular weight excluding hydrogens is 434 g/mol. The second-order valence-electron chi connectivity index (χ2n) is 10.4. The molecule has 0 bridgehead atoms. The van der Waals surface area contributed by atoms with Crippen LogP contribution >= 0.6 is 0 Å². The number of aliphatic imine (C=N–C) groups is 1. The lowest BCUT2D eigenvalue weighted by molar-refractivity contribution is 0.481. The summed E-state index contributed by atoms with van der Waals surface area (Å²) < 4.78 is 0. The third-order valence-electron chi connectivity index (χ3n) is 7.82. The molecule has 0 aromatic heterocycles. The highest BCUT2D eigenvalue weighted by Gasteiger charge is 2.38.